The summed E-state index contributed by atoms with van der Waals surface area (Å²) in [6.45, 7) is 2.25. The minimum atomic E-state index is -0.320. The van der Waals surface area contributed by atoms with E-state index in [2.05, 4.69) is 9.97 Å². The molecule has 120 valence electrons. The van der Waals surface area contributed by atoms with Crippen molar-refractivity contribution in [2.75, 3.05) is 0 Å². The van der Waals surface area contributed by atoms with Gasteiger partial charge in [-0.1, -0.05) is 18.2 Å². The van der Waals surface area contributed by atoms with Crippen LogP contribution in [-0.4, -0.2) is 14.5 Å². The number of aromatic nitrogens is 3. The van der Waals surface area contributed by atoms with Crippen molar-refractivity contribution in [1.29, 1.82) is 0 Å². The van der Waals surface area contributed by atoms with Gasteiger partial charge in [-0.15, -0.1) is 22.7 Å². The zero-order valence-electron chi connectivity index (χ0n) is 12.7. The van der Waals surface area contributed by atoms with Crippen LogP contribution in [0.15, 0.2) is 46.6 Å². The average Bonchev–Trinajstić information content (AvgIpc) is 3.21. The first-order valence-electron chi connectivity index (χ1n) is 7.28. The maximum Gasteiger partial charge on any atom is 0.349 e. The summed E-state index contributed by atoms with van der Waals surface area (Å²) < 4.78 is 14.7. The molecule has 3 aromatic heterocycles. The number of thiazole rings is 1. The minimum absolute atomic E-state index is 0.295. The lowest BCUT2D eigenvalue weighted by atomic mass is 10.2. The third-order valence-corrected chi connectivity index (χ3v) is 5.50. The van der Waals surface area contributed by atoms with Crippen LogP contribution in [0.4, 0.5) is 4.39 Å². The van der Waals surface area contributed by atoms with Gasteiger partial charge in [0.2, 0.25) is 0 Å². The predicted molar refractivity (Wildman–Crippen MR) is 95.2 cm³/mol. The second-order valence-corrected chi connectivity index (χ2v) is 7.45. The lowest BCUT2D eigenvalue weighted by Gasteiger charge is -2.08. The van der Waals surface area contributed by atoms with Gasteiger partial charge in [0.25, 0.3) is 0 Å². The van der Waals surface area contributed by atoms with E-state index >= 15 is 0 Å². The molecule has 3 heterocycles. The molecule has 0 saturated carbocycles. The number of thiophene rings is 1. The van der Waals surface area contributed by atoms with Gasteiger partial charge < -0.3 is 0 Å². The fourth-order valence-electron chi connectivity index (χ4n) is 2.55. The van der Waals surface area contributed by atoms with Crippen LogP contribution < -0.4 is 5.69 Å². The number of rotatable bonds is 3. The molecule has 0 unspecified atom stereocenters. The maximum absolute atomic E-state index is 13.1. The van der Waals surface area contributed by atoms with Crippen molar-refractivity contribution in [1.82, 2.24) is 14.5 Å². The van der Waals surface area contributed by atoms with Gasteiger partial charge in [-0.05, 0) is 36.1 Å². The lowest BCUT2D eigenvalue weighted by Crippen LogP contribution is -2.24. The monoisotopic (exact) mass is 357 g/mol. The van der Waals surface area contributed by atoms with Crippen molar-refractivity contribution < 1.29 is 4.39 Å². The molecular formula is C17H12FN3OS2. The van der Waals surface area contributed by atoms with E-state index in [9.17, 15) is 9.18 Å². The van der Waals surface area contributed by atoms with Gasteiger partial charge in [-0.25, -0.2) is 14.2 Å². The van der Waals surface area contributed by atoms with Gasteiger partial charge in [-0.3, -0.25) is 4.57 Å². The molecule has 0 aliphatic carbocycles. The van der Waals surface area contributed by atoms with Crippen LogP contribution in [0.1, 0.15) is 10.6 Å². The fraction of sp³-hybridized carbons (Fsp3) is 0.118. The van der Waals surface area contributed by atoms with Crippen molar-refractivity contribution in [3.63, 3.8) is 0 Å². The Morgan fingerprint density at radius 1 is 1.17 bits per heavy atom. The van der Waals surface area contributed by atoms with Crippen LogP contribution in [-0.2, 0) is 6.54 Å². The number of nitrogens with zero attached hydrogens (tertiary/aromatic N) is 3. The Morgan fingerprint density at radius 3 is 2.67 bits per heavy atom. The number of aryl methyl sites for hydroxylation is 1. The summed E-state index contributed by atoms with van der Waals surface area (Å²) in [5.41, 5.74) is 1.89. The highest BCUT2D eigenvalue weighted by molar-refractivity contribution is 7.18. The predicted octanol–water partition coefficient (Wildman–Crippen LogP) is 4.08. The smallest absolute Gasteiger partial charge is 0.277 e. The number of hydrogen-bond donors (Lipinski definition) is 0. The lowest BCUT2D eigenvalue weighted by molar-refractivity contribution is 0.626. The normalized spacial score (nSPS) is 11.2. The highest BCUT2D eigenvalue weighted by Gasteiger charge is 2.17. The fourth-order valence-corrected chi connectivity index (χ4v) is 4.17. The van der Waals surface area contributed by atoms with Crippen LogP contribution in [0.25, 0.3) is 20.9 Å². The van der Waals surface area contributed by atoms with Crippen molar-refractivity contribution in [3.8, 4) is 10.6 Å². The summed E-state index contributed by atoms with van der Waals surface area (Å²) in [7, 11) is 0. The third-order valence-electron chi connectivity index (χ3n) is 3.63. The molecular weight excluding hydrogens is 345 g/mol. The largest absolute Gasteiger partial charge is 0.349 e. The van der Waals surface area contributed by atoms with E-state index in [4.69, 9.17) is 0 Å². The molecule has 4 nitrogen and oxygen atoms in total. The summed E-state index contributed by atoms with van der Waals surface area (Å²) in [4.78, 5) is 23.1. The molecule has 0 amide bonds. The number of halogens is 1. The van der Waals surface area contributed by atoms with Crippen molar-refractivity contribution in [3.05, 3.63) is 68.7 Å². The molecule has 0 atom stereocenters. The average molecular weight is 357 g/mol. The first-order valence-corrected chi connectivity index (χ1v) is 8.98. The van der Waals surface area contributed by atoms with E-state index in [0.717, 1.165) is 25.8 Å². The zero-order valence-corrected chi connectivity index (χ0v) is 14.3. The van der Waals surface area contributed by atoms with Gasteiger partial charge in [0.05, 0.1) is 16.4 Å². The van der Waals surface area contributed by atoms with E-state index in [-0.39, 0.29) is 11.5 Å². The highest BCUT2D eigenvalue weighted by atomic mass is 32.1. The van der Waals surface area contributed by atoms with Crippen LogP contribution in [0.3, 0.4) is 0 Å². The van der Waals surface area contributed by atoms with Gasteiger partial charge in [0.1, 0.15) is 21.9 Å². The van der Waals surface area contributed by atoms with Gasteiger partial charge in [0.15, 0.2) is 0 Å². The molecule has 24 heavy (non-hydrogen) atoms. The molecule has 0 aliphatic rings. The molecule has 4 rings (SSSR count). The number of fused-ring (bicyclic) bond motifs is 1. The molecule has 4 aromatic rings. The molecule has 0 saturated heterocycles. The Labute approximate surface area is 144 Å². The minimum Gasteiger partial charge on any atom is -0.277 e. The van der Waals surface area contributed by atoms with Crippen molar-refractivity contribution >= 4 is 33.0 Å². The molecule has 0 N–H and O–H groups in total. The van der Waals surface area contributed by atoms with E-state index < -0.39 is 0 Å². The summed E-state index contributed by atoms with van der Waals surface area (Å²) in [5.74, 6) is -0.295. The third kappa shape index (κ3) is 2.65. The van der Waals surface area contributed by atoms with Crippen LogP contribution in [0.2, 0.25) is 0 Å². The summed E-state index contributed by atoms with van der Waals surface area (Å²) in [6.07, 6.45) is 0. The van der Waals surface area contributed by atoms with Gasteiger partial charge in [-0.2, -0.15) is 4.98 Å². The van der Waals surface area contributed by atoms with Crippen molar-refractivity contribution in [2.24, 2.45) is 0 Å². The molecule has 0 fully saturated rings. The maximum atomic E-state index is 13.1. The summed E-state index contributed by atoms with van der Waals surface area (Å²) in [5, 5.41) is 2.83. The van der Waals surface area contributed by atoms with Crippen molar-refractivity contribution in [2.45, 2.75) is 13.5 Å². The Morgan fingerprint density at radius 2 is 1.96 bits per heavy atom. The molecule has 1 aromatic carbocycles. The number of benzene rings is 1. The van der Waals surface area contributed by atoms with E-state index in [0.29, 0.717) is 12.2 Å². The molecule has 0 spiro atoms. The summed E-state index contributed by atoms with van der Waals surface area (Å²) >= 11 is 3.00. The van der Waals surface area contributed by atoms with Gasteiger partial charge >= 0.3 is 5.69 Å². The summed E-state index contributed by atoms with van der Waals surface area (Å²) in [6, 6.07) is 10.00. The Bertz CT molecular complexity index is 1070. The van der Waals surface area contributed by atoms with Crippen LogP contribution >= 0.6 is 22.7 Å². The van der Waals surface area contributed by atoms with Gasteiger partial charge in [0, 0.05) is 0 Å². The molecule has 0 aliphatic heterocycles. The van der Waals surface area contributed by atoms with E-state index in [1.54, 1.807) is 16.7 Å². The zero-order chi connectivity index (χ0) is 16.7. The molecule has 0 radical (unpaired) electrons. The second-order valence-electron chi connectivity index (χ2n) is 5.32. The number of hydrogen-bond acceptors (Lipinski definition) is 5. The second kappa shape index (κ2) is 5.92. The highest BCUT2D eigenvalue weighted by Crippen LogP contribution is 2.31. The van der Waals surface area contributed by atoms with E-state index in [1.807, 2.05) is 24.4 Å². The van der Waals surface area contributed by atoms with E-state index in [1.165, 1.54) is 34.8 Å². The topological polar surface area (TPSA) is 47.8 Å². The molecule has 0 bridgehead atoms. The Hall–Kier alpha value is -2.38. The quantitative estimate of drug-likeness (QED) is 0.555. The first-order chi connectivity index (χ1) is 11.6. The Balaban J connectivity index is 1.90. The Kier molecular flexibility index (Phi) is 3.74. The standard InChI is InChI=1S/C17H12FN3OS2/c1-10-19-15-14(13-3-2-8-23-13)20-17(22)21(16(15)24-10)9-11-4-6-12(18)7-5-11/h2-8H,9H2,1H3. The SMILES string of the molecule is Cc1nc2c(-c3cccs3)nc(=O)n(Cc3ccc(F)cc3)c2s1. The first kappa shape index (κ1) is 15.2. The molecule has 7 heteroatoms. The van der Waals surface area contributed by atoms with Crippen LogP contribution in [0, 0.1) is 12.7 Å². The van der Waals surface area contributed by atoms with Crippen LogP contribution in [0.5, 0.6) is 0 Å².